The number of aryl methyl sites for hydroxylation is 1. The SMILES string of the molecule is CCN(c1ccc(OCC(=O)Nc2cccc(C(C)=O)c2)cc1)S(=O)(=O)c1ccc(C)cc1. The maximum atomic E-state index is 13.0. The molecule has 0 spiro atoms. The summed E-state index contributed by atoms with van der Waals surface area (Å²) in [6, 6.07) is 19.9. The van der Waals surface area contributed by atoms with Crippen molar-refractivity contribution >= 4 is 33.1 Å². The van der Waals surface area contributed by atoms with Crippen molar-refractivity contribution in [3.63, 3.8) is 0 Å². The van der Waals surface area contributed by atoms with Crippen molar-refractivity contribution in [3.8, 4) is 5.75 Å². The summed E-state index contributed by atoms with van der Waals surface area (Å²) >= 11 is 0. The second kappa shape index (κ2) is 10.3. The Bertz CT molecular complexity index is 1240. The number of anilines is 2. The molecule has 0 radical (unpaired) electrons. The van der Waals surface area contributed by atoms with E-state index in [9.17, 15) is 18.0 Å². The zero-order valence-corrected chi connectivity index (χ0v) is 19.6. The van der Waals surface area contributed by atoms with Crippen molar-refractivity contribution in [3.05, 3.63) is 83.9 Å². The number of sulfonamides is 1. The van der Waals surface area contributed by atoms with Gasteiger partial charge in [-0.2, -0.15) is 0 Å². The molecule has 0 aliphatic carbocycles. The molecule has 3 aromatic carbocycles. The number of carbonyl (C=O) groups is 2. The van der Waals surface area contributed by atoms with Gasteiger partial charge in [0, 0.05) is 17.8 Å². The van der Waals surface area contributed by atoms with Crippen LogP contribution in [0, 0.1) is 6.92 Å². The van der Waals surface area contributed by atoms with Gasteiger partial charge in [0.25, 0.3) is 15.9 Å². The molecule has 0 saturated carbocycles. The van der Waals surface area contributed by atoms with Crippen LogP contribution < -0.4 is 14.4 Å². The number of ketones is 1. The van der Waals surface area contributed by atoms with E-state index < -0.39 is 10.0 Å². The molecule has 0 aromatic heterocycles. The molecule has 1 N–H and O–H groups in total. The van der Waals surface area contributed by atoms with Crippen LogP contribution in [0.2, 0.25) is 0 Å². The van der Waals surface area contributed by atoms with Crippen LogP contribution >= 0.6 is 0 Å². The van der Waals surface area contributed by atoms with Gasteiger partial charge in [-0.25, -0.2) is 8.42 Å². The summed E-state index contributed by atoms with van der Waals surface area (Å²) in [4.78, 5) is 23.9. The molecule has 0 atom stereocenters. The quantitative estimate of drug-likeness (QED) is 0.471. The minimum absolute atomic E-state index is 0.0899. The predicted molar refractivity (Wildman–Crippen MR) is 128 cm³/mol. The molecule has 1 amide bonds. The Balaban J connectivity index is 1.64. The smallest absolute Gasteiger partial charge is 0.264 e. The topological polar surface area (TPSA) is 92.8 Å². The van der Waals surface area contributed by atoms with Crippen molar-refractivity contribution in [2.45, 2.75) is 25.7 Å². The van der Waals surface area contributed by atoms with Gasteiger partial charge in [0.15, 0.2) is 12.4 Å². The average molecular weight is 467 g/mol. The van der Waals surface area contributed by atoms with Crippen LogP contribution in [0.15, 0.2) is 77.7 Å². The van der Waals surface area contributed by atoms with Crippen LogP contribution in [0.1, 0.15) is 29.8 Å². The maximum Gasteiger partial charge on any atom is 0.264 e. The number of carbonyl (C=O) groups excluding carboxylic acids is 2. The highest BCUT2D eigenvalue weighted by molar-refractivity contribution is 7.92. The lowest BCUT2D eigenvalue weighted by atomic mass is 10.1. The molecule has 0 aliphatic rings. The van der Waals surface area contributed by atoms with E-state index >= 15 is 0 Å². The molecule has 172 valence electrons. The molecule has 3 aromatic rings. The van der Waals surface area contributed by atoms with Crippen molar-refractivity contribution in [2.24, 2.45) is 0 Å². The normalized spacial score (nSPS) is 11.0. The molecule has 7 nitrogen and oxygen atoms in total. The maximum absolute atomic E-state index is 13.0. The third kappa shape index (κ3) is 5.98. The van der Waals surface area contributed by atoms with Crippen LogP contribution in [-0.2, 0) is 14.8 Å². The van der Waals surface area contributed by atoms with Gasteiger partial charge in [-0.1, -0.05) is 29.8 Å². The Morgan fingerprint density at radius 2 is 1.64 bits per heavy atom. The second-order valence-corrected chi connectivity index (χ2v) is 9.31. The van der Waals surface area contributed by atoms with Crippen LogP contribution in [0.25, 0.3) is 0 Å². The number of hydrogen-bond acceptors (Lipinski definition) is 5. The largest absolute Gasteiger partial charge is 0.484 e. The molecule has 0 fully saturated rings. The molecule has 3 rings (SSSR count). The lowest BCUT2D eigenvalue weighted by Gasteiger charge is -2.23. The van der Waals surface area contributed by atoms with E-state index in [2.05, 4.69) is 5.32 Å². The van der Waals surface area contributed by atoms with E-state index in [1.165, 1.54) is 11.2 Å². The number of ether oxygens (including phenoxy) is 1. The van der Waals surface area contributed by atoms with Gasteiger partial charge in [-0.15, -0.1) is 0 Å². The van der Waals surface area contributed by atoms with Crippen LogP contribution in [0.4, 0.5) is 11.4 Å². The van der Waals surface area contributed by atoms with Gasteiger partial charge in [0.1, 0.15) is 5.75 Å². The molecular weight excluding hydrogens is 440 g/mol. The van der Waals surface area contributed by atoms with E-state index in [1.807, 2.05) is 6.92 Å². The van der Waals surface area contributed by atoms with E-state index in [4.69, 9.17) is 4.74 Å². The molecule has 0 saturated heterocycles. The molecule has 0 aliphatic heterocycles. The van der Waals surface area contributed by atoms with Crippen molar-refractivity contribution < 1.29 is 22.7 Å². The summed E-state index contributed by atoms with van der Waals surface area (Å²) in [6.07, 6.45) is 0. The molecule has 0 bridgehead atoms. The van der Waals surface area contributed by atoms with Gasteiger partial charge in [-0.3, -0.25) is 13.9 Å². The van der Waals surface area contributed by atoms with E-state index in [0.717, 1.165) is 5.56 Å². The lowest BCUT2D eigenvalue weighted by Crippen LogP contribution is -2.30. The summed E-state index contributed by atoms with van der Waals surface area (Å²) in [5.41, 5.74) is 2.49. The summed E-state index contributed by atoms with van der Waals surface area (Å²) in [5, 5.41) is 2.68. The van der Waals surface area contributed by atoms with E-state index in [0.29, 0.717) is 22.7 Å². The standard InChI is InChI=1S/C25H26N2O5S/c1-4-27(33(30,31)24-14-8-18(2)9-15-24)22-10-12-23(13-11-22)32-17-25(29)26-21-7-5-6-20(16-21)19(3)28/h5-16H,4,17H2,1-3H3,(H,26,29). The summed E-state index contributed by atoms with van der Waals surface area (Å²) in [7, 11) is -3.70. The Kier molecular flexibility index (Phi) is 7.50. The Labute approximate surface area is 194 Å². The number of Topliss-reactive ketones (excluding diaryl/α,β-unsaturated/α-hetero) is 1. The summed E-state index contributed by atoms with van der Waals surface area (Å²) < 4.78 is 32.9. The molecule has 33 heavy (non-hydrogen) atoms. The fourth-order valence-corrected chi connectivity index (χ4v) is 4.67. The third-order valence-electron chi connectivity index (χ3n) is 4.94. The zero-order chi connectivity index (χ0) is 24.0. The van der Waals surface area contributed by atoms with Gasteiger partial charge < -0.3 is 10.1 Å². The van der Waals surface area contributed by atoms with Crippen LogP contribution in [0.3, 0.4) is 0 Å². The predicted octanol–water partition coefficient (Wildman–Crippen LogP) is 4.43. The monoisotopic (exact) mass is 466 g/mol. The molecule has 0 heterocycles. The number of rotatable bonds is 9. The highest BCUT2D eigenvalue weighted by Gasteiger charge is 2.23. The van der Waals surface area contributed by atoms with E-state index in [1.54, 1.807) is 79.7 Å². The molecule has 0 unspecified atom stereocenters. The van der Waals surface area contributed by atoms with Crippen LogP contribution in [-0.4, -0.2) is 33.3 Å². The number of hydrogen-bond donors (Lipinski definition) is 1. The first-order chi connectivity index (χ1) is 15.7. The minimum Gasteiger partial charge on any atom is -0.484 e. The van der Waals surface area contributed by atoms with Gasteiger partial charge in [0.05, 0.1) is 10.6 Å². The summed E-state index contributed by atoms with van der Waals surface area (Å²) in [5.74, 6) is -0.0416. The fourth-order valence-electron chi connectivity index (χ4n) is 3.20. The highest BCUT2D eigenvalue weighted by Crippen LogP contribution is 2.26. The Morgan fingerprint density at radius 1 is 0.970 bits per heavy atom. The number of nitrogens with zero attached hydrogens (tertiary/aromatic N) is 1. The zero-order valence-electron chi connectivity index (χ0n) is 18.7. The average Bonchev–Trinajstić information content (AvgIpc) is 2.79. The fraction of sp³-hybridized carbons (Fsp3) is 0.200. The first kappa shape index (κ1) is 24.0. The van der Waals surface area contributed by atoms with Gasteiger partial charge in [0.2, 0.25) is 0 Å². The first-order valence-electron chi connectivity index (χ1n) is 10.4. The number of benzene rings is 3. The first-order valence-corrected chi connectivity index (χ1v) is 11.9. The molecule has 8 heteroatoms. The van der Waals surface area contributed by atoms with Gasteiger partial charge in [-0.05, 0) is 69.3 Å². The van der Waals surface area contributed by atoms with Crippen LogP contribution in [0.5, 0.6) is 5.75 Å². The molecular formula is C25H26N2O5S. The van der Waals surface area contributed by atoms with Gasteiger partial charge >= 0.3 is 0 Å². The van der Waals surface area contributed by atoms with E-state index in [-0.39, 0.29) is 29.7 Å². The highest BCUT2D eigenvalue weighted by atomic mass is 32.2. The van der Waals surface area contributed by atoms with Crippen molar-refractivity contribution in [2.75, 3.05) is 22.8 Å². The third-order valence-corrected chi connectivity index (χ3v) is 6.86. The second-order valence-electron chi connectivity index (χ2n) is 7.45. The number of amides is 1. The van der Waals surface area contributed by atoms with Crippen molar-refractivity contribution in [1.82, 2.24) is 0 Å². The minimum atomic E-state index is -3.70. The Hall–Kier alpha value is -3.65. The van der Waals surface area contributed by atoms with Crippen molar-refractivity contribution in [1.29, 1.82) is 0 Å². The lowest BCUT2D eigenvalue weighted by molar-refractivity contribution is -0.118. The number of nitrogens with one attached hydrogen (secondary N) is 1. The summed E-state index contributed by atoms with van der Waals surface area (Å²) in [6.45, 7) is 5.15. The Morgan fingerprint density at radius 3 is 2.24 bits per heavy atom.